The lowest BCUT2D eigenvalue weighted by molar-refractivity contribution is 0.0914. The molecule has 0 atom stereocenters. The number of ether oxygens (including phenoxy) is 1. The van der Waals surface area contributed by atoms with Crippen LogP contribution in [0.5, 0.6) is 0 Å². The highest BCUT2D eigenvalue weighted by Crippen LogP contribution is 2.39. The van der Waals surface area contributed by atoms with E-state index >= 15 is 0 Å². The van der Waals surface area contributed by atoms with Gasteiger partial charge in [-0.2, -0.15) is 4.98 Å². The highest BCUT2D eigenvalue weighted by atomic mass is 16.5. The molecule has 11 heteroatoms. The molecule has 3 N–H and O–H groups in total. The van der Waals surface area contributed by atoms with Crippen LogP contribution in [0.15, 0.2) is 30.7 Å². The molecular weight excluding hydrogens is 446 g/mol. The minimum absolute atomic E-state index is 0.213. The molecule has 35 heavy (non-hydrogen) atoms. The van der Waals surface area contributed by atoms with Crippen molar-refractivity contribution < 1.29 is 9.53 Å². The lowest BCUT2D eigenvalue weighted by Crippen LogP contribution is -2.41. The largest absolute Gasteiger partial charge is 0.378 e. The Morgan fingerprint density at radius 3 is 2.54 bits per heavy atom. The molecule has 0 aromatic carbocycles. The minimum Gasteiger partial charge on any atom is -0.378 e. The molecule has 3 aromatic heterocycles. The number of rotatable bonds is 4. The molecule has 3 aromatic rings. The van der Waals surface area contributed by atoms with Crippen LogP contribution >= 0.6 is 0 Å². The predicted octanol–water partition coefficient (Wildman–Crippen LogP) is 1.97. The summed E-state index contributed by atoms with van der Waals surface area (Å²) < 4.78 is 5.52. The molecule has 11 nitrogen and oxygen atoms in total. The molecule has 182 valence electrons. The first-order chi connectivity index (χ1) is 16.8. The summed E-state index contributed by atoms with van der Waals surface area (Å²) >= 11 is 0. The number of aromatic nitrogens is 5. The van der Waals surface area contributed by atoms with Crippen LogP contribution in [0.4, 0.5) is 23.4 Å². The minimum atomic E-state index is -0.356. The summed E-state index contributed by atoms with van der Waals surface area (Å²) in [6.45, 7) is 9.20. The van der Waals surface area contributed by atoms with Gasteiger partial charge in [-0.15, -0.1) is 0 Å². The number of pyridine rings is 1. The number of nitrogens with two attached hydrogens (primary N) is 1. The van der Waals surface area contributed by atoms with E-state index < -0.39 is 0 Å². The van der Waals surface area contributed by atoms with Crippen LogP contribution in [-0.2, 0) is 11.2 Å². The van der Waals surface area contributed by atoms with Gasteiger partial charge in [-0.3, -0.25) is 9.78 Å². The van der Waals surface area contributed by atoms with Crippen LogP contribution in [0, 0.1) is 0 Å². The second kappa shape index (κ2) is 9.06. The molecule has 1 amide bonds. The van der Waals surface area contributed by atoms with Crippen molar-refractivity contribution in [3.8, 4) is 11.3 Å². The van der Waals surface area contributed by atoms with Gasteiger partial charge in [0.25, 0.3) is 5.91 Å². The van der Waals surface area contributed by atoms with Gasteiger partial charge < -0.3 is 25.6 Å². The average molecular weight is 476 g/mol. The van der Waals surface area contributed by atoms with Gasteiger partial charge in [-0.1, -0.05) is 0 Å². The number of fused-ring (bicyclic) bond motifs is 1. The van der Waals surface area contributed by atoms with Crippen LogP contribution < -0.4 is 20.9 Å². The molecule has 0 aliphatic carbocycles. The number of carbonyl (C=O) groups excluding carboxylic acids is 1. The normalized spacial score (nSPS) is 15.7. The van der Waals surface area contributed by atoms with E-state index in [2.05, 4.69) is 30.1 Å². The second-order valence-corrected chi connectivity index (χ2v) is 9.61. The fourth-order valence-electron chi connectivity index (χ4n) is 4.21. The van der Waals surface area contributed by atoms with E-state index in [1.807, 2.05) is 26.8 Å². The number of nitrogens with one attached hydrogen (secondary N) is 1. The van der Waals surface area contributed by atoms with E-state index in [9.17, 15) is 4.79 Å². The van der Waals surface area contributed by atoms with Crippen LogP contribution in [-0.4, -0.2) is 69.2 Å². The van der Waals surface area contributed by atoms with Gasteiger partial charge in [0.15, 0.2) is 0 Å². The Kier molecular flexibility index (Phi) is 5.93. The van der Waals surface area contributed by atoms with Crippen LogP contribution in [0.3, 0.4) is 0 Å². The Labute approximate surface area is 203 Å². The van der Waals surface area contributed by atoms with Crippen molar-refractivity contribution in [3.63, 3.8) is 0 Å². The van der Waals surface area contributed by atoms with Gasteiger partial charge in [0.05, 0.1) is 18.9 Å². The standard InChI is InChI=1S/C24H29N9O2/c1-24(2,3)31-21(34)18-12-16(4-6-26-18)33-7-5-17-19(15-13-27-22(25)28-14-15)29-23(30-20(17)33)32-8-10-35-11-9-32/h4,6,12-14H,5,7-11H2,1-3H3,(H,31,34)(H2,25,27,28). The zero-order valence-electron chi connectivity index (χ0n) is 20.2. The quantitative estimate of drug-likeness (QED) is 0.576. The Morgan fingerprint density at radius 2 is 1.83 bits per heavy atom. The van der Waals surface area contributed by atoms with Gasteiger partial charge in [0.1, 0.15) is 11.5 Å². The summed E-state index contributed by atoms with van der Waals surface area (Å²) in [4.78, 5) is 39.5. The maximum atomic E-state index is 12.7. The molecule has 5 heterocycles. The van der Waals surface area contributed by atoms with Crippen molar-refractivity contribution in [2.24, 2.45) is 0 Å². The molecule has 1 fully saturated rings. The molecule has 2 aliphatic heterocycles. The summed E-state index contributed by atoms with van der Waals surface area (Å²) in [7, 11) is 0. The first-order valence-electron chi connectivity index (χ1n) is 11.7. The van der Waals surface area contributed by atoms with Crippen molar-refractivity contribution in [1.82, 2.24) is 30.2 Å². The maximum Gasteiger partial charge on any atom is 0.270 e. The molecule has 0 radical (unpaired) electrons. The topological polar surface area (TPSA) is 135 Å². The number of morpholine rings is 1. The van der Waals surface area contributed by atoms with Crippen LogP contribution in [0.2, 0.25) is 0 Å². The second-order valence-electron chi connectivity index (χ2n) is 9.61. The maximum absolute atomic E-state index is 12.7. The van der Waals surface area contributed by atoms with Crippen molar-refractivity contribution in [1.29, 1.82) is 0 Å². The van der Waals surface area contributed by atoms with E-state index in [0.29, 0.717) is 44.5 Å². The van der Waals surface area contributed by atoms with E-state index in [1.165, 1.54) is 0 Å². The highest BCUT2D eigenvalue weighted by molar-refractivity contribution is 5.94. The number of carbonyl (C=O) groups is 1. The number of amides is 1. The number of nitrogen functional groups attached to an aromatic ring is 1. The van der Waals surface area contributed by atoms with Crippen LogP contribution in [0.1, 0.15) is 36.8 Å². The van der Waals surface area contributed by atoms with Crippen molar-refractivity contribution in [2.75, 3.05) is 48.4 Å². The molecule has 5 rings (SSSR count). The van der Waals surface area contributed by atoms with Gasteiger partial charge >= 0.3 is 0 Å². The first kappa shape index (κ1) is 22.9. The monoisotopic (exact) mass is 475 g/mol. The molecule has 2 aliphatic rings. The number of nitrogens with zero attached hydrogens (tertiary/aromatic N) is 7. The van der Waals surface area contributed by atoms with Gasteiger partial charge in [-0.25, -0.2) is 15.0 Å². The zero-order valence-corrected chi connectivity index (χ0v) is 20.2. The van der Waals surface area contributed by atoms with Gasteiger partial charge in [-0.05, 0) is 39.3 Å². The van der Waals surface area contributed by atoms with E-state index in [0.717, 1.165) is 34.7 Å². The SMILES string of the molecule is CC(C)(C)NC(=O)c1cc(N2CCc3c(-c4cnc(N)nc4)nc(N4CCOCC4)nc32)ccn1. The first-order valence-corrected chi connectivity index (χ1v) is 11.7. The number of hydrogen-bond acceptors (Lipinski definition) is 10. The van der Waals surface area contributed by atoms with E-state index in [1.54, 1.807) is 24.7 Å². The lowest BCUT2D eigenvalue weighted by atomic mass is 10.1. The van der Waals surface area contributed by atoms with Crippen molar-refractivity contribution in [3.05, 3.63) is 42.0 Å². The zero-order chi connectivity index (χ0) is 24.6. The smallest absolute Gasteiger partial charge is 0.270 e. The summed E-state index contributed by atoms with van der Waals surface area (Å²) in [6.07, 6.45) is 5.78. The Morgan fingerprint density at radius 1 is 1.09 bits per heavy atom. The van der Waals surface area contributed by atoms with Crippen LogP contribution in [0.25, 0.3) is 11.3 Å². The summed E-state index contributed by atoms with van der Waals surface area (Å²) in [5.74, 6) is 1.44. The fraction of sp³-hybridized carbons (Fsp3) is 0.417. The summed E-state index contributed by atoms with van der Waals surface area (Å²) in [5.41, 5.74) is 9.16. The Hall–Kier alpha value is -3.86. The summed E-state index contributed by atoms with van der Waals surface area (Å²) in [5, 5.41) is 2.97. The summed E-state index contributed by atoms with van der Waals surface area (Å²) in [6, 6.07) is 3.70. The number of hydrogen-bond donors (Lipinski definition) is 2. The third kappa shape index (κ3) is 4.85. The van der Waals surface area contributed by atoms with E-state index in [-0.39, 0.29) is 17.4 Å². The van der Waals surface area contributed by atoms with Crippen molar-refractivity contribution in [2.45, 2.75) is 32.7 Å². The molecule has 0 bridgehead atoms. The third-order valence-corrected chi connectivity index (χ3v) is 5.83. The third-order valence-electron chi connectivity index (χ3n) is 5.83. The Bertz CT molecular complexity index is 1230. The fourth-order valence-corrected chi connectivity index (χ4v) is 4.21. The molecular formula is C24H29N9O2. The molecule has 0 saturated carbocycles. The highest BCUT2D eigenvalue weighted by Gasteiger charge is 2.30. The molecule has 1 saturated heterocycles. The molecule has 0 unspecified atom stereocenters. The van der Waals surface area contributed by atoms with Gasteiger partial charge in [0.2, 0.25) is 11.9 Å². The molecule has 0 spiro atoms. The lowest BCUT2D eigenvalue weighted by Gasteiger charge is -2.28. The van der Waals surface area contributed by atoms with E-state index in [4.69, 9.17) is 20.4 Å². The van der Waals surface area contributed by atoms with Gasteiger partial charge in [0, 0.05) is 60.6 Å². The number of anilines is 4. The Balaban J connectivity index is 1.56. The predicted molar refractivity (Wildman–Crippen MR) is 133 cm³/mol. The van der Waals surface area contributed by atoms with Crippen molar-refractivity contribution >= 4 is 29.3 Å². The average Bonchev–Trinajstić information content (AvgIpc) is 3.28.